The lowest BCUT2D eigenvalue weighted by atomic mass is 10.0. The first-order valence-corrected chi connectivity index (χ1v) is 6.03. The maximum atomic E-state index is 11.7. The largest absolute Gasteiger partial charge is 0.388 e. The molecule has 1 amide bonds. The molecule has 96 valence electrons. The van der Waals surface area contributed by atoms with Gasteiger partial charge in [0.15, 0.2) is 0 Å². The van der Waals surface area contributed by atoms with Crippen LogP contribution in [0, 0.1) is 5.92 Å². The number of aliphatic hydroxyl groups excluding tert-OH is 1. The fraction of sp³-hybridized carbons (Fsp3) is 0.615. The lowest BCUT2D eigenvalue weighted by molar-refractivity contribution is -0.130. The van der Waals surface area contributed by atoms with Gasteiger partial charge in [-0.25, -0.2) is 0 Å². The molecule has 1 aromatic rings. The van der Waals surface area contributed by atoms with Crippen molar-refractivity contribution < 1.29 is 9.90 Å². The Morgan fingerprint density at radius 1 is 1.53 bits per heavy atom. The molecule has 17 heavy (non-hydrogen) atoms. The number of aromatic nitrogens is 1. The minimum absolute atomic E-state index is 0.0775. The van der Waals surface area contributed by atoms with Gasteiger partial charge in [-0.15, -0.1) is 0 Å². The smallest absolute Gasteiger partial charge is 0.242 e. The van der Waals surface area contributed by atoms with E-state index in [1.807, 2.05) is 43.8 Å². The summed E-state index contributed by atoms with van der Waals surface area (Å²) in [6, 6.07) is 1.86. The average Bonchev–Trinajstić information content (AvgIpc) is 2.74. The zero-order chi connectivity index (χ0) is 13.0. The molecular weight excluding hydrogens is 216 g/mol. The monoisotopic (exact) mass is 238 g/mol. The summed E-state index contributed by atoms with van der Waals surface area (Å²) in [7, 11) is 1.79. The van der Waals surface area contributed by atoms with Gasteiger partial charge in [0.25, 0.3) is 0 Å². The van der Waals surface area contributed by atoms with Crippen molar-refractivity contribution in [1.82, 2.24) is 9.47 Å². The van der Waals surface area contributed by atoms with E-state index in [9.17, 15) is 9.90 Å². The van der Waals surface area contributed by atoms with E-state index < -0.39 is 6.10 Å². The second kappa shape index (κ2) is 5.87. The molecule has 4 heteroatoms. The Morgan fingerprint density at radius 2 is 2.18 bits per heavy atom. The van der Waals surface area contributed by atoms with Crippen molar-refractivity contribution in [3.8, 4) is 0 Å². The maximum absolute atomic E-state index is 11.7. The van der Waals surface area contributed by atoms with Crippen LogP contribution in [0.4, 0.5) is 0 Å². The molecule has 0 aromatic carbocycles. The molecule has 0 bridgehead atoms. The van der Waals surface area contributed by atoms with E-state index in [0.29, 0.717) is 13.1 Å². The molecule has 1 rings (SSSR count). The summed E-state index contributed by atoms with van der Waals surface area (Å²) in [6.45, 7) is 6.92. The maximum Gasteiger partial charge on any atom is 0.242 e. The van der Waals surface area contributed by atoms with Gasteiger partial charge in [0.05, 0.1) is 6.10 Å². The Balaban J connectivity index is 2.66. The number of likely N-dealkylation sites (N-methyl/N-ethyl adjacent to an activating group) is 1. The van der Waals surface area contributed by atoms with Crippen molar-refractivity contribution >= 4 is 5.91 Å². The third-order valence-corrected chi connectivity index (χ3v) is 2.96. The second-order valence-electron chi connectivity index (χ2n) is 4.71. The summed E-state index contributed by atoms with van der Waals surface area (Å²) >= 11 is 0. The molecule has 1 N–H and O–H groups in total. The van der Waals surface area contributed by atoms with Crippen LogP contribution >= 0.6 is 0 Å². The van der Waals surface area contributed by atoms with Crippen LogP contribution in [0.2, 0.25) is 0 Å². The summed E-state index contributed by atoms with van der Waals surface area (Å²) < 4.78 is 1.81. The highest BCUT2D eigenvalue weighted by Crippen LogP contribution is 2.21. The highest BCUT2D eigenvalue weighted by molar-refractivity contribution is 5.75. The molecule has 0 aliphatic heterocycles. The molecule has 0 radical (unpaired) electrons. The number of amides is 1. The molecule has 0 spiro atoms. The normalized spacial score (nSPS) is 12.8. The zero-order valence-electron chi connectivity index (χ0n) is 11.1. The summed E-state index contributed by atoms with van der Waals surface area (Å²) in [4.78, 5) is 13.4. The van der Waals surface area contributed by atoms with E-state index in [2.05, 4.69) is 0 Å². The van der Waals surface area contributed by atoms with Crippen LogP contribution in [-0.4, -0.2) is 34.1 Å². The number of nitrogens with zero attached hydrogens (tertiary/aromatic N) is 2. The zero-order valence-corrected chi connectivity index (χ0v) is 11.1. The van der Waals surface area contributed by atoms with Gasteiger partial charge >= 0.3 is 0 Å². The van der Waals surface area contributed by atoms with Crippen molar-refractivity contribution in [2.24, 2.45) is 5.92 Å². The third-order valence-electron chi connectivity index (χ3n) is 2.96. The predicted molar refractivity (Wildman–Crippen MR) is 67.5 cm³/mol. The molecule has 0 aliphatic carbocycles. The molecule has 0 saturated carbocycles. The van der Waals surface area contributed by atoms with E-state index in [0.717, 1.165) is 5.56 Å². The fourth-order valence-electron chi connectivity index (χ4n) is 1.57. The first-order valence-electron chi connectivity index (χ1n) is 6.03. The van der Waals surface area contributed by atoms with Crippen LogP contribution < -0.4 is 0 Å². The van der Waals surface area contributed by atoms with E-state index >= 15 is 0 Å². The van der Waals surface area contributed by atoms with Gasteiger partial charge in [0.1, 0.15) is 6.54 Å². The molecule has 1 atom stereocenters. The van der Waals surface area contributed by atoms with Crippen molar-refractivity contribution in [3.05, 3.63) is 24.0 Å². The number of rotatable bonds is 5. The number of carbonyl (C=O) groups excluding carboxylic acids is 1. The Morgan fingerprint density at radius 3 is 2.71 bits per heavy atom. The number of hydrogen-bond donors (Lipinski definition) is 1. The molecule has 1 aromatic heterocycles. The van der Waals surface area contributed by atoms with Gasteiger partial charge < -0.3 is 14.6 Å². The molecule has 1 heterocycles. The minimum Gasteiger partial charge on any atom is -0.388 e. The summed E-state index contributed by atoms with van der Waals surface area (Å²) in [5.41, 5.74) is 0.868. The van der Waals surface area contributed by atoms with Gasteiger partial charge in [-0.3, -0.25) is 4.79 Å². The lowest BCUT2D eigenvalue weighted by Gasteiger charge is -2.15. The Hall–Kier alpha value is -1.29. The second-order valence-corrected chi connectivity index (χ2v) is 4.71. The number of aliphatic hydroxyl groups is 1. The van der Waals surface area contributed by atoms with Gasteiger partial charge in [0.2, 0.25) is 5.91 Å². The van der Waals surface area contributed by atoms with Crippen molar-refractivity contribution in [3.63, 3.8) is 0 Å². The number of carbonyl (C=O) groups is 1. The van der Waals surface area contributed by atoms with E-state index in [1.54, 1.807) is 11.9 Å². The quantitative estimate of drug-likeness (QED) is 0.848. The summed E-state index contributed by atoms with van der Waals surface area (Å²) in [5, 5.41) is 9.89. The van der Waals surface area contributed by atoms with E-state index in [1.165, 1.54) is 0 Å². The van der Waals surface area contributed by atoms with Crippen LogP contribution in [0.1, 0.15) is 32.4 Å². The molecule has 0 fully saturated rings. The SMILES string of the molecule is CCN(C)C(=O)Cn1ccc(C(O)C(C)C)c1. The minimum atomic E-state index is -0.463. The Bertz CT molecular complexity index is 371. The first-order chi connectivity index (χ1) is 7.95. The first kappa shape index (κ1) is 13.8. The third kappa shape index (κ3) is 3.60. The van der Waals surface area contributed by atoms with Crippen molar-refractivity contribution in [2.75, 3.05) is 13.6 Å². The number of hydrogen-bond acceptors (Lipinski definition) is 2. The average molecular weight is 238 g/mol. The van der Waals surface area contributed by atoms with Crippen LogP contribution in [0.25, 0.3) is 0 Å². The topological polar surface area (TPSA) is 45.5 Å². The predicted octanol–water partition coefficient (Wildman–Crippen LogP) is 1.66. The fourth-order valence-corrected chi connectivity index (χ4v) is 1.57. The Kier molecular flexibility index (Phi) is 4.75. The standard InChI is InChI=1S/C13H22N2O2/c1-5-14(4)12(16)9-15-7-6-11(8-15)13(17)10(2)3/h6-8,10,13,17H,5,9H2,1-4H3. The molecule has 1 unspecified atom stereocenters. The highest BCUT2D eigenvalue weighted by Gasteiger charge is 2.14. The van der Waals surface area contributed by atoms with Gasteiger partial charge in [-0.2, -0.15) is 0 Å². The molecule has 0 aliphatic rings. The van der Waals surface area contributed by atoms with Gasteiger partial charge in [0, 0.05) is 26.0 Å². The molecule has 4 nitrogen and oxygen atoms in total. The lowest BCUT2D eigenvalue weighted by Crippen LogP contribution is -2.29. The van der Waals surface area contributed by atoms with Crippen LogP contribution in [-0.2, 0) is 11.3 Å². The molecule has 0 saturated heterocycles. The van der Waals surface area contributed by atoms with Crippen LogP contribution in [0.15, 0.2) is 18.5 Å². The van der Waals surface area contributed by atoms with Crippen LogP contribution in [0.3, 0.4) is 0 Å². The summed E-state index contributed by atoms with van der Waals surface area (Å²) in [5.74, 6) is 0.258. The van der Waals surface area contributed by atoms with Crippen molar-refractivity contribution in [2.45, 2.75) is 33.4 Å². The van der Waals surface area contributed by atoms with Gasteiger partial charge in [-0.1, -0.05) is 13.8 Å². The van der Waals surface area contributed by atoms with E-state index in [-0.39, 0.29) is 11.8 Å². The molecular formula is C13H22N2O2. The van der Waals surface area contributed by atoms with Crippen molar-refractivity contribution in [1.29, 1.82) is 0 Å². The van der Waals surface area contributed by atoms with Gasteiger partial charge in [-0.05, 0) is 24.5 Å². The Labute approximate surface area is 103 Å². The summed E-state index contributed by atoms with van der Waals surface area (Å²) in [6.07, 6.45) is 3.21. The van der Waals surface area contributed by atoms with Crippen LogP contribution in [0.5, 0.6) is 0 Å². The van der Waals surface area contributed by atoms with E-state index in [4.69, 9.17) is 0 Å². The highest BCUT2D eigenvalue weighted by atomic mass is 16.3.